The van der Waals surface area contributed by atoms with E-state index in [1.165, 1.54) is 5.57 Å². The van der Waals surface area contributed by atoms with Gasteiger partial charge in [-0.1, -0.05) is 54.0 Å². The highest BCUT2D eigenvalue weighted by Crippen LogP contribution is 2.75. The monoisotopic (exact) mass is 485 g/mol. The molecule has 196 valence electrons. The van der Waals surface area contributed by atoms with Crippen molar-refractivity contribution in [2.24, 2.45) is 50.2 Å². The number of hydrogen-bond acceptors (Lipinski definition) is 4. The molecule has 5 aliphatic carbocycles. The summed E-state index contributed by atoms with van der Waals surface area (Å²) < 4.78 is 0. The molecule has 0 aromatic carbocycles. The van der Waals surface area contributed by atoms with Gasteiger partial charge >= 0.3 is 0 Å². The Hall–Kier alpha value is -1.20. The predicted molar refractivity (Wildman–Crippen MR) is 135 cm³/mol. The lowest BCUT2D eigenvalue weighted by molar-refractivity contribution is -0.202. The molecule has 1 amide bonds. The van der Waals surface area contributed by atoms with Crippen molar-refractivity contribution in [3.8, 4) is 0 Å². The van der Waals surface area contributed by atoms with E-state index in [0.717, 1.165) is 51.4 Å². The summed E-state index contributed by atoms with van der Waals surface area (Å²) in [5.74, 6) is 0.458. The van der Waals surface area contributed by atoms with E-state index in [-0.39, 0.29) is 56.7 Å². The Morgan fingerprint density at radius 1 is 0.943 bits per heavy atom. The van der Waals surface area contributed by atoms with Crippen LogP contribution in [0.2, 0.25) is 0 Å². The van der Waals surface area contributed by atoms with E-state index in [2.05, 4.69) is 41.5 Å². The quantitative estimate of drug-likeness (QED) is 0.322. The molecule has 4 saturated carbocycles. The van der Waals surface area contributed by atoms with Crippen molar-refractivity contribution in [1.82, 2.24) is 5.48 Å². The lowest BCUT2D eigenvalue weighted by atomic mass is 9.33. The van der Waals surface area contributed by atoms with Gasteiger partial charge in [-0.05, 0) is 103 Å². The summed E-state index contributed by atoms with van der Waals surface area (Å²) in [7, 11) is 0. The molecule has 1 unspecified atom stereocenters. The average molecular weight is 486 g/mol. The molecule has 3 N–H and O–H groups in total. The van der Waals surface area contributed by atoms with Crippen LogP contribution in [0.5, 0.6) is 0 Å². The number of ketones is 1. The number of hydroxylamine groups is 1. The SMILES string of the molecule is CC1(C)C2CC[C@]3(C)[C@H](C(=O)C=C4[C@@H]5C[C@@](C)(C(=O)NO)CC[C@]5(C)CC[C@]43C)[C@@]2(C)CC[C@H]1O. The van der Waals surface area contributed by atoms with Crippen LogP contribution in [0, 0.1) is 50.2 Å². The van der Waals surface area contributed by atoms with E-state index in [1.807, 2.05) is 18.5 Å². The summed E-state index contributed by atoms with van der Waals surface area (Å²) in [5, 5.41) is 20.3. The van der Waals surface area contributed by atoms with Crippen LogP contribution in [0.4, 0.5) is 0 Å². The van der Waals surface area contributed by atoms with Gasteiger partial charge in [0.2, 0.25) is 5.91 Å². The Balaban J connectivity index is 1.61. The fourth-order valence-corrected chi connectivity index (χ4v) is 10.5. The van der Waals surface area contributed by atoms with Crippen LogP contribution >= 0.6 is 0 Å². The molecule has 0 heterocycles. The highest BCUT2D eigenvalue weighted by atomic mass is 16.5. The average Bonchev–Trinajstić information content (AvgIpc) is 2.78. The molecule has 0 radical (unpaired) electrons. The van der Waals surface area contributed by atoms with Gasteiger partial charge in [-0.15, -0.1) is 0 Å². The molecule has 9 atom stereocenters. The summed E-state index contributed by atoms with van der Waals surface area (Å²) in [4.78, 5) is 26.9. The van der Waals surface area contributed by atoms with E-state index < -0.39 is 5.41 Å². The second-order valence-corrected chi connectivity index (χ2v) is 15.1. The zero-order chi connectivity index (χ0) is 25.8. The number of aliphatic hydroxyl groups is 1. The molecular weight excluding hydrogens is 438 g/mol. The first kappa shape index (κ1) is 25.4. The minimum Gasteiger partial charge on any atom is -0.393 e. The maximum atomic E-state index is 14.3. The van der Waals surface area contributed by atoms with Crippen molar-refractivity contribution in [2.45, 2.75) is 112 Å². The van der Waals surface area contributed by atoms with Gasteiger partial charge in [0.15, 0.2) is 5.78 Å². The van der Waals surface area contributed by atoms with Gasteiger partial charge in [0, 0.05) is 11.3 Å². The van der Waals surface area contributed by atoms with Crippen molar-refractivity contribution in [1.29, 1.82) is 0 Å². The lowest BCUT2D eigenvalue weighted by Crippen LogP contribution is -2.66. The van der Waals surface area contributed by atoms with Crippen LogP contribution in [0.25, 0.3) is 0 Å². The first-order valence-corrected chi connectivity index (χ1v) is 14.0. The second kappa shape index (κ2) is 7.43. The molecular formula is C30H47NO4. The van der Waals surface area contributed by atoms with Crippen LogP contribution in [-0.4, -0.2) is 28.1 Å². The third-order valence-electron chi connectivity index (χ3n) is 13.2. The van der Waals surface area contributed by atoms with Crippen LogP contribution < -0.4 is 5.48 Å². The first-order valence-electron chi connectivity index (χ1n) is 14.0. The fraction of sp³-hybridized carbons (Fsp3) is 0.867. The largest absolute Gasteiger partial charge is 0.393 e. The maximum Gasteiger partial charge on any atom is 0.249 e. The smallest absolute Gasteiger partial charge is 0.249 e. The van der Waals surface area contributed by atoms with E-state index in [9.17, 15) is 19.9 Å². The van der Waals surface area contributed by atoms with Crippen LogP contribution in [0.3, 0.4) is 0 Å². The van der Waals surface area contributed by atoms with Crippen LogP contribution in [0.15, 0.2) is 11.6 Å². The number of aliphatic hydroxyl groups excluding tert-OH is 1. The molecule has 5 heteroatoms. The number of nitrogens with one attached hydrogen (secondary N) is 1. The normalized spacial score (nSPS) is 52.8. The maximum absolute atomic E-state index is 14.3. The Kier molecular flexibility index (Phi) is 5.40. The van der Waals surface area contributed by atoms with Gasteiger partial charge in [-0.2, -0.15) is 0 Å². The van der Waals surface area contributed by atoms with E-state index in [1.54, 1.807) is 0 Å². The minimum absolute atomic E-state index is 0.0330. The molecule has 0 bridgehead atoms. The Morgan fingerprint density at radius 2 is 1.60 bits per heavy atom. The van der Waals surface area contributed by atoms with Crippen molar-refractivity contribution in [3.63, 3.8) is 0 Å². The van der Waals surface area contributed by atoms with Crippen molar-refractivity contribution < 1.29 is 19.9 Å². The third-order valence-corrected chi connectivity index (χ3v) is 13.2. The number of amides is 1. The van der Waals surface area contributed by atoms with Crippen LogP contribution in [0.1, 0.15) is 106 Å². The number of rotatable bonds is 1. The van der Waals surface area contributed by atoms with Gasteiger partial charge < -0.3 is 5.11 Å². The van der Waals surface area contributed by atoms with Gasteiger partial charge in [-0.3, -0.25) is 14.8 Å². The Labute approximate surface area is 211 Å². The summed E-state index contributed by atoms with van der Waals surface area (Å²) >= 11 is 0. The zero-order valence-electron chi connectivity index (χ0n) is 23.0. The van der Waals surface area contributed by atoms with Gasteiger partial charge in [0.25, 0.3) is 0 Å². The molecule has 0 aromatic heterocycles. The Morgan fingerprint density at radius 3 is 2.26 bits per heavy atom. The zero-order valence-corrected chi connectivity index (χ0v) is 23.0. The van der Waals surface area contributed by atoms with Crippen molar-refractivity contribution >= 4 is 11.7 Å². The standard InChI is InChI=1S/C30H47NO4/c1-25(2)21-8-11-30(7)23(28(21,5)10-9-22(25)33)20(32)16-18-19-17-27(4,24(34)31-35)13-12-26(19,3)14-15-29(18,30)6/h16,19,21-23,33,35H,8-15,17H2,1-7H3,(H,31,34)/t19-,21?,22+,23+,26+,27-,28-,29+,30+/m0/s1. The number of carbonyl (C=O) groups excluding carboxylic acids is 2. The fourth-order valence-electron chi connectivity index (χ4n) is 10.5. The van der Waals surface area contributed by atoms with E-state index in [4.69, 9.17) is 0 Å². The van der Waals surface area contributed by atoms with Gasteiger partial charge in [-0.25, -0.2) is 5.48 Å². The number of carbonyl (C=O) groups is 2. The molecule has 0 saturated heterocycles. The molecule has 0 aliphatic heterocycles. The predicted octanol–water partition coefficient (Wildman–Crippen LogP) is 5.83. The summed E-state index contributed by atoms with van der Waals surface area (Å²) in [6.45, 7) is 15.9. The Bertz CT molecular complexity index is 987. The first-order chi connectivity index (χ1) is 16.1. The second-order valence-electron chi connectivity index (χ2n) is 15.1. The van der Waals surface area contributed by atoms with Gasteiger partial charge in [0.05, 0.1) is 6.10 Å². The molecule has 5 aliphatic rings. The number of fused-ring (bicyclic) bond motifs is 7. The number of allylic oxidation sites excluding steroid dienone is 2. The highest BCUT2D eigenvalue weighted by Gasteiger charge is 2.70. The summed E-state index contributed by atoms with van der Waals surface area (Å²) in [6, 6.07) is 0. The molecule has 4 fully saturated rings. The third kappa shape index (κ3) is 3.06. The van der Waals surface area contributed by atoms with Gasteiger partial charge in [0.1, 0.15) is 0 Å². The minimum atomic E-state index is -0.619. The van der Waals surface area contributed by atoms with E-state index >= 15 is 0 Å². The number of hydrogen-bond donors (Lipinski definition) is 3. The van der Waals surface area contributed by atoms with Crippen LogP contribution in [-0.2, 0) is 9.59 Å². The molecule has 5 nitrogen and oxygen atoms in total. The summed E-state index contributed by atoms with van der Waals surface area (Å²) in [6.07, 6.45) is 10.0. The molecule has 5 rings (SSSR count). The summed E-state index contributed by atoms with van der Waals surface area (Å²) in [5.41, 5.74) is 2.16. The van der Waals surface area contributed by atoms with Crippen molar-refractivity contribution in [3.05, 3.63) is 11.6 Å². The van der Waals surface area contributed by atoms with E-state index in [0.29, 0.717) is 12.3 Å². The highest BCUT2D eigenvalue weighted by molar-refractivity contribution is 5.95. The lowest BCUT2D eigenvalue weighted by Gasteiger charge is -2.70. The molecule has 0 spiro atoms. The van der Waals surface area contributed by atoms with Crippen molar-refractivity contribution in [2.75, 3.05) is 0 Å². The topological polar surface area (TPSA) is 86.6 Å². The molecule has 35 heavy (non-hydrogen) atoms. The molecule has 0 aromatic rings.